The number of amides is 2. The number of methoxy groups -OCH3 is 2. The van der Waals surface area contributed by atoms with E-state index >= 15 is 0 Å². The number of ether oxygens (including phenoxy) is 2. The Morgan fingerprint density at radius 1 is 0.732 bits per heavy atom. The Kier molecular flexibility index (Phi) is 16.7. The molecule has 0 aromatic heterocycles. The number of hydrogen-bond donors (Lipinski definition) is 2. The van der Waals surface area contributed by atoms with E-state index in [0.717, 1.165) is 63.2 Å². The summed E-state index contributed by atoms with van der Waals surface area (Å²) in [7, 11) is 5.35. The Hall–Kier alpha value is -3.09. The van der Waals surface area contributed by atoms with Gasteiger partial charge in [0.1, 0.15) is 11.5 Å². The number of benzene rings is 2. The van der Waals surface area contributed by atoms with E-state index in [-0.39, 0.29) is 24.7 Å². The average molecular weight is 574 g/mol. The van der Waals surface area contributed by atoms with Gasteiger partial charge in [0.05, 0.1) is 14.2 Å². The van der Waals surface area contributed by atoms with Crippen molar-refractivity contribution < 1.29 is 43.1 Å². The van der Waals surface area contributed by atoms with Crippen LogP contribution < -0.4 is 14.9 Å². The second kappa shape index (κ2) is 19.1. The van der Waals surface area contributed by atoms with Gasteiger partial charge in [-0.15, -0.1) is 0 Å². The van der Waals surface area contributed by atoms with Crippen LogP contribution in [0.3, 0.4) is 0 Å². The zero-order chi connectivity index (χ0) is 29.5. The quantitative estimate of drug-likeness (QED) is 0.456. The van der Waals surface area contributed by atoms with Crippen molar-refractivity contribution in [2.45, 2.75) is 33.1 Å². The Morgan fingerprint density at radius 2 is 1.24 bits per heavy atom. The number of carbonyl (C=O) groups excluding carboxylic acids is 2. The number of nitrogens with zero attached hydrogens (tertiary/aromatic N) is 2. The third kappa shape index (κ3) is 10.7. The van der Waals surface area contributed by atoms with Gasteiger partial charge in [-0.3, -0.25) is 9.59 Å². The lowest BCUT2D eigenvalue weighted by atomic mass is 9.76. The van der Waals surface area contributed by atoms with Gasteiger partial charge in [0.25, 0.3) is 11.8 Å². The van der Waals surface area contributed by atoms with Crippen molar-refractivity contribution in [2.24, 2.45) is 0 Å². The molecule has 2 aliphatic rings. The van der Waals surface area contributed by atoms with Gasteiger partial charge in [-0.1, -0.05) is 19.6 Å². The van der Waals surface area contributed by atoms with Gasteiger partial charge in [-0.05, 0) is 56.0 Å². The minimum absolute atomic E-state index is 0. The number of likely N-dealkylation sites (tertiary alicyclic amines) is 2. The lowest BCUT2D eigenvalue weighted by molar-refractivity contribution is 0.0785. The predicted molar refractivity (Wildman–Crippen MR) is 160 cm³/mol. The molecule has 4 rings (SSSR count). The van der Waals surface area contributed by atoms with Crippen LogP contribution in [0, 0.1) is 0 Å². The average Bonchev–Trinajstić information content (AvgIpc) is 3.73. The van der Waals surface area contributed by atoms with E-state index < -0.39 is 14.4 Å². The minimum Gasteiger partial charge on any atom is -0.497 e. The zero-order valence-corrected chi connectivity index (χ0v) is 24.0. The highest BCUT2D eigenvalue weighted by molar-refractivity contribution is 6.61. The molecule has 2 aromatic carbocycles. The summed E-state index contributed by atoms with van der Waals surface area (Å²) < 4.78 is 24.0. The Labute approximate surface area is 244 Å². The lowest BCUT2D eigenvalue weighted by Gasteiger charge is -2.19. The van der Waals surface area contributed by atoms with Gasteiger partial charge < -0.3 is 43.3 Å². The van der Waals surface area contributed by atoms with Gasteiger partial charge in [0.2, 0.25) is 0 Å². The molecule has 0 atom stereocenters. The summed E-state index contributed by atoms with van der Waals surface area (Å²) in [6.07, 6.45) is 4.23. The predicted octanol–water partition coefficient (Wildman–Crippen LogP) is 2.09. The van der Waals surface area contributed by atoms with Gasteiger partial charge in [-0.2, -0.15) is 0 Å². The lowest BCUT2D eigenvalue weighted by Crippen LogP contribution is -2.40. The fraction of sp³-hybridized carbons (Fsp3) is 0.500. The van der Waals surface area contributed by atoms with Gasteiger partial charge in [0.15, 0.2) is 0 Å². The first-order valence-corrected chi connectivity index (χ1v) is 13.1. The standard InChI is InChI=1S/C12H16BNO4.C12H15NO2.C3H9BO3.CH4/c1-18-10-6-4-5-9(11(10)13(16)17)12(15)14-7-2-3-8-14;1-15-11-6-4-5-10(9-11)12(14)13-7-2-3-8-13;1-5-4(6-2)7-3;/h4-6,16-17H,2-3,7-8H2,1H3;4-6,9H,2-3,7-8H2,1H3;1-3H3;1H4. The molecule has 2 amide bonds. The second-order valence-corrected chi connectivity index (χ2v) is 9.02. The third-order valence-corrected chi connectivity index (χ3v) is 6.46. The van der Waals surface area contributed by atoms with Crippen molar-refractivity contribution in [2.75, 3.05) is 61.7 Å². The van der Waals surface area contributed by atoms with E-state index in [1.807, 2.05) is 23.1 Å². The maximum atomic E-state index is 12.3. The van der Waals surface area contributed by atoms with E-state index in [2.05, 4.69) is 14.0 Å². The van der Waals surface area contributed by atoms with Crippen molar-refractivity contribution in [1.82, 2.24) is 9.80 Å². The van der Waals surface area contributed by atoms with Crippen LogP contribution in [-0.2, 0) is 14.0 Å². The Morgan fingerprint density at radius 3 is 1.68 bits per heavy atom. The maximum Gasteiger partial charge on any atom is 0.638 e. The van der Waals surface area contributed by atoms with Crippen molar-refractivity contribution in [3.05, 3.63) is 53.6 Å². The SMILES string of the molecule is C.COB(OC)OC.COc1cccc(C(=O)N2CCCC2)c1.COc1cccc(C(=O)N2CCCC2)c1B(O)O. The molecule has 13 heteroatoms. The monoisotopic (exact) mass is 574 g/mol. The Bertz CT molecular complexity index is 1050. The van der Waals surface area contributed by atoms with Crippen molar-refractivity contribution >= 4 is 31.7 Å². The second-order valence-electron chi connectivity index (χ2n) is 9.02. The molecule has 2 heterocycles. The minimum atomic E-state index is -1.72. The molecule has 2 aliphatic heterocycles. The maximum absolute atomic E-state index is 12.3. The molecule has 0 unspecified atom stereocenters. The van der Waals surface area contributed by atoms with Crippen LogP contribution in [0.15, 0.2) is 42.5 Å². The normalized spacial score (nSPS) is 13.6. The molecule has 2 aromatic rings. The molecule has 2 fully saturated rings. The van der Waals surface area contributed by atoms with E-state index in [0.29, 0.717) is 11.3 Å². The van der Waals surface area contributed by atoms with Crippen LogP contribution in [0.2, 0.25) is 0 Å². The highest BCUT2D eigenvalue weighted by atomic mass is 16.7. The molecule has 0 aliphatic carbocycles. The summed E-state index contributed by atoms with van der Waals surface area (Å²) in [5, 5.41) is 18.8. The Balaban J connectivity index is 0.000000332. The summed E-state index contributed by atoms with van der Waals surface area (Å²) in [6.45, 7) is 3.21. The molecule has 0 bridgehead atoms. The van der Waals surface area contributed by atoms with Gasteiger partial charge in [0, 0.05) is 64.1 Å². The molecule has 41 heavy (non-hydrogen) atoms. The van der Waals surface area contributed by atoms with Crippen molar-refractivity contribution in [3.8, 4) is 11.5 Å². The third-order valence-electron chi connectivity index (χ3n) is 6.46. The van der Waals surface area contributed by atoms with Crippen LogP contribution in [0.4, 0.5) is 0 Å². The summed E-state index contributed by atoms with van der Waals surface area (Å²) in [5.41, 5.74) is 1.15. The number of carbonyl (C=O) groups is 2. The first-order chi connectivity index (χ1) is 19.3. The molecular formula is C28H44B2N2O9. The molecular weight excluding hydrogens is 530 g/mol. The molecule has 0 saturated carbocycles. The molecule has 0 radical (unpaired) electrons. The van der Waals surface area contributed by atoms with E-state index in [1.165, 1.54) is 28.4 Å². The smallest absolute Gasteiger partial charge is 0.497 e. The zero-order valence-electron chi connectivity index (χ0n) is 24.0. The van der Waals surface area contributed by atoms with Crippen LogP contribution in [-0.4, -0.2) is 108 Å². The summed E-state index contributed by atoms with van der Waals surface area (Å²) in [5.74, 6) is 0.996. The molecule has 2 N–H and O–H groups in total. The first-order valence-electron chi connectivity index (χ1n) is 13.1. The molecule has 11 nitrogen and oxygen atoms in total. The topological polar surface area (TPSA) is 127 Å². The fourth-order valence-electron chi connectivity index (χ4n) is 4.41. The summed E-state index contributed by atoms with van der Waals surface area (Å²) in [4.78, 5) is 27.9. The van der Waals surface area contributed by atoms with E-state index in [1.54, 1.807) is 36.3 Å². The first kappa shape index (κ1) is 35.9. The summed E-state index contributed by atoms with van der Waals surface area (Å²) >= 11 is 0. The van der Waals surface area contributed by atoms with E-state index in [9.17, 15) is 19.6 Å². The van der Waals surface area contributed by atoms with Crippen LogP contribution in [0.5, 0.6) is 11.5 Å². The van der Waals surface area contributed by atoms with Gasteiger partial charge in [-0.25, -0.2) is 0 Å². The largest absolute Gasteiger partial charge is 0.638 e. The fourth-order valence-corrected chi connectivity index (χ4v) is 4.41. The number of hydrogen-bond acceptors (Lipinski definition) is 9. The van der Waals surface area contributed by atoms with Crippen LogP contribution in [0.1, 0.15) is 53.8 Å². The van der Waals surface area contributed by atoms with Crippen molar-refractivity contribution in [1.29, 1.82) is 0 Å². The molecule has 2 saturated heterocycles. The van der Waals surface area contributed by atoms with Crippen LogP contribution >= 0.6 is 0 Å². The molecule has 226 valence electrons. The van der Waals surface area contributed by atoms with Crippen molar-refractivity contribution in [3.63, 3.8) is 0 Å². The van der Waals surface area contributed by atoms with E-state index in [4.69, 9.17) is 9.47 Å². The summed E-state index contributed by atoms with van der Waals surface area (Å²) in [6, 6.07) is 12.2. The highest BCUT2D eigenvalue weighted by Crippen LogP contribution is 2.18. The van der Waals surface area contributed by atoms with Gasteiger partial charge >= 0.3 is 14.4 Å². The molecule has 0 spiro atoms. The van der Waals surface area contributed by atoms with Crippen LogP contribution in [0.25, 0.3) is 0 Å². The highest BCUT2D eigenvalue weighted by Gasteiger charge is 2.28. The number of rotatable bonds is 8.